The van der Waals surface area contributed by atoms with Gasteiger partial charge in [0.2, 0.25) is 6.79 Å². The first-order chi connectivity index (χ1) is 12.3. The summed E-state index contributed by atoms with van der Waals surface area (Å²) in [6.45, 7) is 2.24. The van der Waals surface area contributed by atoms with Gasteiger partial charge >= 0.3 is 0 Å². The van der Waals surface area contributed by atoms with Crippen LogP contribution in [0.25, 0.3) is 28.0 Å². The molecule has 0 radical (unpaired) electrons. The van der Waals surface area contributed by atoms with Crippen LogP contribution in [-0.4, -0.2) is 26.3 Å². The number of nitrogens with zero attached hydrogens (tertiary/aromatic N) is 4. The summed E-state index contributed by atoms with van der Waals surface area (Å²) in [5.74, 6) is 2.37. The van der Waals surface area contributed by atoms with Gasteiger partial charge in [0.25, 0.3) is 0 Å². The second-order valence-corrected chi connectivity index (χ2v) is 5.91. The van der Waals surface area contributed by atoms with Gasteiger partial charge in [-0.05, 0) is 43.3 Å². The fraction of sp³-hybridized carbons (Fsp3) is 0.105. The molecular formula is C19H14N4O2. The van der Waals surface area contributed by atoms with Crippen LogP contribution in [0.1, 0.15) is 5.69 Å². The van der Waals surface area contributed by atoms with Crippen LogP contribution in [0.15, 0.2) is 55.1 Å². The predicted molar refractivity (Wildman–Crippen MR) is 93.0 cm³/mol. The first-order valence-corrected chi connectivity index (χ1v) is 7.94. The average Bonchev–Trinajstić information content (AvgIpc) is 3.27. The molecule has 6 heteroatoms. The lowest BCUT2D eigenvalue weighted by molar-refractivity contribution is 0.174. The van der Waals surface area contributed by atoms with E-state index in [1.807, 2.05) is 49.6 Å². The molecule has 0 N–H and O–H groups in total. The van der Waals surface area contributed by atoms with E-state index in [-0.39, 0.29) is 6.79 Å². The molecule has 2 aromatic carbocycles. The summed E-state index contributed by atoms with van der Waals surface area (Å²) >= 11 is 0. The van der Waals surface area contributed by atoms with Gasteiger partial charge in [-0.25, -0.2) is 15.0 Å². The second kappa shape index (κ2) is 5.31. The highest BCUT2D eigenvalue weighted by Crippen LogP contribution is 2.36. The molecule has 1 aliphatic rings. The highest BCUT2D eigenvalue weighted by Gasteiger charge is 2.17. The minimum atomic E-state index is 0.261. The molecule has 0 aliphatic carbocycles. The first kappa shape index (κ1) is 14.0. The predicted octanol–water partition coefficient (Wildman–Crippen LogP) is 3.52. The average molecular weight is 330 g/mol. The standard InChI is InChI=1S/C19H14N4O2/c1-12-9-23(15-3-4-16-14(6-15)8-20-10-21-16)19(22-12)13-2-5-17-18(7-13)25-11-24-17/h2-10H,11H2,1H3. The molecule has 6 nitrogen and oxygen atoms in total. The van der Waals surface area contributed by atoms with E-state index >= 15 is 0 Å². The van der Waals surface area contributed by atoms with Crippen molar-refractivity contribution in [2.45, 2.75) is 6.92 Å². The van der Waals surface area contributed by atoms with Gasteiger partial charge in [-0.15, -0.1) is 0 Å². The van der Waals surface area contributed by atoms with E-state index in [2.05, 4.69) is 20.6 Å². The van der Waals surface area contributed by atoms with Crippen LogP contribution in [0.4, 0.5) is 0 Å². The Hall–Kier alpha value is -3.41. The van der Waals surface area contributed by atoms with Crippen LogP contribution in [0.5, 0.6) is 11.5 Å². The number of benzene rings is 2. The summed E-state index contributed by atoms with van der Waals surface area (Å²) in [7, 11) is 0. The molecule has 25 heavy (non-hydrogen) atoms. The van der Waals surface area contributed by atoms with E-state index in [4.69, 9.17) is 14.5 Å². The van der Waals surface area contributed by atoms with Crippen LogP contribution >= 0.6 is 0 Å². The van der Waals surface area contributed by atoms with Crippen LogP contribution in [0.3, 0.4) is 0 Å². The third-order valence-electron chi connectivity index (χ3n) is 4.22. The van der Waals surface area contributed by atoms with Crippen molar-refractivity contribution in [3.63, 3.8) is 0 Å². The Kier molecular flexibility index (Phi) is 2.97. The monoisotopic (exact) mass is 330 g/mol. The molecule has 0 saturated heterocycles. The number of rotatable bonds is 2. The van der Waals surface area contributed by atoms with Crippen LogP contribution in [0, 0.1) is 6.92 Å². The van der Waals surface area contributed by atoms with Gasteiger partial charge in [-0.3, -0.25) is 4.57 Å². The first-order valence-electron chi connectivity index (χ1n) is 7.94. The van der Waals surface area contributed by atoms with Crippen molar-refractivity contribution in [1.82, 2.24) is 19.5 Å². The Bertz CT molecular complexity index is 1100. The third-order valence-corrected chi connectivity index (χ3v) is 4.22. The fourth-order valence-electron chi connectivity index (χ4n) is 3.06. The lowest BCUT2D eigenvalue weighted by Gasteiger charge is -2.09. The topological polar surface area (TPSA) is 62.1 Å². The maximum Gasteiger partial charge on any atom is 0.231 e. The molecular weight excluding hydrogens is 316 g/mol. The second-order valence-electron chi connectivity index (χ2n) is 5.91. The number of ether oxygens (including phenoxy) is 2. The van der Waals surface area contributed by atoms with Crippen molar-refractivity contribution < 1.29 is 9.47 Å². The van der Waals surface area contributed by atoms with E-state index in [1.165, 1.54) is 0 Å². The van der Waals surface area contributed by atoms with E-state index < -0.39 is 0 Å². The molecule has 0 unspecified atom stereocenters. The van der Waals surface area contributed by atoms with E-state index in [0.29, 0.717) is 0 Å². The quantitative estimate of drug-likeness (QED) is 0.563. The molecule has 1 aliphatic heterocycles. The van der Waals surface area contributed by atoms with E-state index in [1.54, 1.807) is 6.33 Å². The molecule has 0 fully saturated rings. The van der Waals surface area contributed by atoms with Crippen molar-refractivity contribution in [3.05, 3.63) is 60.8 Å². The lowest BCUT2D eigenvalue weighted by Crippen LogP contribution is -1.97. The maximum atomic E-state index is 5.49. The van der Waals surface area contributed by atoms with Crippen molar-refractivity contribution in [2.75, 3.05) is 6.79 Å². The zero-order valence-corrected chi connectivity index (χ0v) is 13.5. The van der Waals surface area contributed by atoms with Gasteiger partial charge in [0.05, 0.1) is 11.2 Å². The number of aryl methyl sites for hydroxylation is 1. The minimum Gasteiger partial charge on any atom is -0.454 e. The number of aromatic nitrogens is 4. The largest absolute Gasteiger partial charge is 0.454 e. The van der Waals surface area contributed by atoms with Crippen molar-refractivity contribution in [1.29, 1.82) is 0 Å². The van der Waals surface area contributed by atoms with Crippen LogP contribution in [0.2, 0.25) is 0 Å². The summed E-state index contributed by atoms with van der Waals surface area (Å²) in [6.07, 6.45) is 5.39. The van der Waals surface area contributed by atoms with Crippen LogP contribution in [-0.2, 0) is 0 Å². The van der Waals surface area contributed by atoms with Crippen molar-refractivity contribution in [3.8, 4) is 28.6 Å². The zero-order chi connectivity index (χ0) is 16.8. The normalized spacial score (nSPS) is 12.7. The van der Waals surface area contributed by atoms with Gasteiger partial charge in [0, 0.05) is 29.0 Å². The Morgan fingerprint density at radius 2 is 1.96 bits per heavy atom. The number of fused-ring (bicyclic) bond motifs is 2. The molecule has 0 spiro atoms. The van der Waals surface area contributed by atoms with Gasteiger partial charge in [-0.2, -0.15) is 0 Å². The van der Waals surface area contributed by atoms with Gasteiger partial charge in [-0.1, -0.05) is 0 Å². The molecule has 0 saturated carbocycles. The van der Waals surface area contributed by atoms with Gasteiger partial charge in [0.1, 0.15) is 12.2 Å². The highest BCUT2D eigenvalue weighted by molar-refractivity contribution is 5.80. The number of imidazole rings is 1. The van der Waals surface area contributed by atoms with Crippen molar-refractivity contribution >= 4 is 10.9 Å². The van der Waals surface area contributed by atoms with E-state index in [9.17, 15) is 0 Å². The summed E-state index contributed by atoms with van der Waals surface area (Å²) in [5.41, 5.74) is 3.84. The summed E-state index contributed by atoms with van der Waals surface area (Å²) < 4.78 is 13.0. The Morgan fingerprint density at radius 1 is 1.04 bits per heavy atom. The number of hydrogen-bond acceptors (Lipinski definition) is 5. The third kappa shape index (κ3) is 2.30. The Morgan fingerprint density at radius 3 is 2.92 bits per heavy atom. The SMILES string of the molecule is Cc1cn(-c2ccc3ncncc3c2)c(-c2ccc3c(c2)OCO3)n1. The molecule has 0 amide bonds. The Labute approximate surface area is 143 Å². The fourth-order valence-corrected chi connectivity index (χ4v) is 3.06. The number of hydrogen-bond donors (Lipinski definition) is 0. The minimum absolute atomic E-state index is 0.261. The van der Waals surface area contributed by atoms with Gasteiger partial charge < -0.3 is 9.47 Å². The van der Waals surface area contributed by atoms with Gasteiger partial charge in [0.15, 0.2) is 11.5 Å². The molecule has 4 aromatic rings. The Balaban J connectivity index is 1.67. The lowest BCUT2D eigenvalue weighted by atomic mass is 10.1. The van der Waals surface area contributed by atoms with Crippen LogP contribution < -0.4 is 9.47 Å². The maximum absolute atomic E-state index is 5.49. The zero-order valence-electron chi connectivity index (χ0n) is 13.5. The smallest absolute Gasteiger partial charge is 0.231 e. The summed E-state index contributed by atoms with van der Waals surface area (Å²) in [6, 6.07) is 12.0. The highest BCUT2D eigenvalue weighted by atomic mass is 16.7. The molecule has 122 valence electrons. The molecule has 0 bridgehead atoms. The molecule has 3 heterocycles. The van der Waals surface area contributed by atoms with Crippen molar-refractivity contribution in [2.24, 2.45) is 0 Å². The molecule has 2 aromatic heterocycles. The molecule has 5 rings (SSSR count). The summed E-state index contributed by atoms with van der Waals surface area (Å²) in [5, 5.41) is 0.989. The van der Waals surface area contributed by atoms with E-state index in [0.717, 1.165) is 45.2 Å². The summed E-state index contributed by atoms with van der Waals surface area (Å²) in [4.78, 5) is 13.1. The molecule has 0 atom stereocenters.